The molecule has 1 amide bonds. The molecule has 0 aliphatic carbocycles. The molecule has 1 aromatic heterocycles. The van der Waals surface area contributed by atoms with Gasteiger partial charge in [-0.3, -0.25) is 4.79 Å². The number of aryl methyl sites for hydroxylation is 2. The van der Waals surface area contributed by atoms with Crippen LogP contribution in [0.15, 0.2) is 35.2 Å². The number of rotatable bonds is 4. The molecule has 1 saturated heterocycles. The van der Waals surface area contributed by atoms with Crippen molar-refractivity contribution in [1.82, 2.24) is 9.21 Å². The maximum Gasteiger partial charge on any atom is 0.264 e. The first kappa shape index (κ1) is 19.4. The maximum absolute atomic E-state index is 12.8. The van der Waals surface area contributed by atoms with Crippen molar-refractivity contribution in [2.45, 2.75) is 25.2 Å². The van der Waals surface area contributed by atoms with Crippen LogP contribution in [-0.2, 0) is 16.4 Å². The van der Waals surface area contributed by atoms with Crippen LogP contribution in [0.5, 0.6) is 0 Å². The highest BCUT2D eigenvalue weighted by atomic mass is 35.5. The van der Waals surface area contributed by atoms with Gasteiger partial charge in [0.25, 0.3) is 5.91 Å². The van der Waals surface area contributed by atoms with Crippen molar-refractivity contribution in [3.63, 3.8) is 0 Å². The largest absolute Gasteiger partial charge is 0.335 e. The molecule has 8 heteroatoms. The van der Waals surface area contributed by atoms with Crippen LogP contribution in [0.1, 0.15) is 27.0 Å². The van der Waals surface area contributed by atoms with Gasteiger partial charge in [-0.05, 0) is 37.1 Å². The molecular formula is C18H21ClN2O3S2. The monoisotopic (exact) mass is 412 g/mol. The molecule has 0 atom stereocenters. The van der Waals surface area contributed by atoms with Crippen molar-refractivity contribution in [2.24, 2.45) is 0 Å². The van der Waals surface area contributed by atoms with E-state index in [1.54, 1.807) is 23.1 Å². The quantitative estimate of drug-likeness (QED) is 0.773. The summed E-state index contributed by atoms with van der Waals surface area (Å²) in [5.41, 5.74) is 1.19. The normalized spacial score (nSPS) is 16.0. The smallest absolute Gasteiger partial charge is 0.264 e. The van der Waals surface area contributed by atoms with E-state index in [1.807, 2.05) is 13.0 Å². The summed E-state index contributed by atoms with van der Waals surface area (Å²) in [5.74, 6) is -0.0207. The summed E-state index contributed by atoms with van der Waals surface area (Å²) >= 11 is 7.55. The Morgan fingerprint density at radius 3 is 2.42 bits per heavy atom. The average molecular weight is 413 g/mol. The number of carbonyl (C=O) groups is 1. The summed E-state index contributed by atoms with van der Waals surface area (Å²) in [6, 6.07) is 8.39. The number of hydrogen-bond acceptors (Lipinski definition) is 4. The molecule has 2 heterocycles. The lowest BCUT2D eigenvalue weighted by Gasteiger charge is -2.33. The summed E-state index contributed by atoms with van der Waals surface area (Å²) in [7, 11) is -3.65. The van der Waals surface area contributed by atoms with Crippen LogP contribution in [0.3, 0.4) is 0 Å². The third-order valence-electron chi connectivity index (χ3n) is 4.59. The van der Waals surface area contributed by atoms with Crippen LogP contribution in [0.4, 0.5) is 0 Å². The van der Waals surface area contributed by atoms with Gasteiger partial charge in [-0.15, -0.1) is 11.3 Å². The van der Waals surface area contributed by atoms with Crippen LogP contribution in [0.25, 0.3) is 0 Å². The Kier molecular flexibility index (Phi) is 5.72. The van der Waals surface area contributed by atoms with Crippen molar-refractivity contribution < 1.29 is 13.2 Å². The fourth-order valence-electron chi connectivity index (χ4n) is 3.06. The Balaban J connectivity index is 1.71. The maximum atomic E-state index is 12.8. The molecule has 5 nitrogen and oxygen atoms in total. The molecule has 0 radical (unpaired) electrons. The molecule has 140 valence electrons. The van der Waals surface area contributed by atoms with Crippen molar-refractivity contribution in [3.05, 3.63) is 50.7 Å². The summed E-state index contributed by atoms with van der Waals surface area (Å²) in [4.78, 5) is 16.4. The third kappa shape index (κ3) is 3.67. The molecular weight excluding hydrogens is 392 g/mol. The fraction of sp³-hybridized carbons (Fsp3) is 0.389. The van der Waals surface area contributed by atoms with Crippen molar-refractivity contribution >= 4 is 38.9 Å². The number of amides is 1. The Bertz CT molecular complexity index is 916. The molecule has 1 fully saturated rings. The molecule has 1 aliphatic rings. The lowest BCUT2D eigenvalue weighted by molar-refractivity contribution is 0.0702. The van der Waals surface area contributed by atoms with E-state index in [1.165, 1.54) is 27.3 Å². The molecule has 0 N–H and O–H groups in total. The predicted molar refractivity (Wildman–Crippen MR) is 105 cm³/mol. The number of nitrogens with zero attached hydrogens (tertiary/aromatic N) is 2. The van der Waals surface area contributed by atoms with Gasteiger partial charge in [0.1, 0.15) is 4.90 Å². The molecule has 26 heavy (non-hydrogen) atoms. The minimum absolute atomic E-state index is 0.0207. The molecule has 0 spiro atoms. The minimum atomic E-state index is -3.65. The summed E-state index contributed by atoms with van der Waals surface area (Å²) in [6.45, 7) is 5.38. The van der Waals surface area contributed by atoms with Crippen LogP contribution in [0.2, 0.25) is 5.02 Å². The molecule has 0 bridgehead atoms. The van der Waals surface area contributed by atoms with Gasteiger partial charge in [0.05, 0.1) is 9.90 Å². The Morgan fingerprint density at radius 1 is 1.19 bits per heavy atom. The zero-order valence-corrected chi connectivity index (χ0v) is 17.1. The van der Waals surface area contributed by atoms with E-state index in [-0.39, 0.29) is 28.9 Å². The van der Waals surface area contributed by atoms with Crippen molar-refractivity contribution in [2.75, 3.05) is 26.2 Å². The van der Waals surface area contributed by atoms with Crippen molar-refractivity contribution in [1.29, 1.82) is 0 Å². The number of halogens is 1. The Hall–Kier alpha value is -1.41. The van der Waals surface area contributed by atoms with Gasteiger partial charge in [-0.1, -0.05) is 30.7 Å². The second-order valence-corrected chi connectivity index (χ2v) is 9.74. The van der Waals surface area contributed by atoms with E-state index in [0.29, 0.717) is 13.1 Å². The Morgan fingerprint density at radius 2 is 1.85 bits per heavy atom. The molecule has 3 rings (SSSR count). The van der Waals surface area contributed by atoms with Crippen LogP contribution in [0, 0.1) is 6.92 Å². The SMILES string of the molecule is CCc1cc(C(=O)N2CCN(S(=O)(=O)c3ccccc3Cl)CC2)sc1C. The number of benzene rings is 1. The number of hydrogen-bond donors (Lipinski definition) is 0. The lowest BCUT2D eigenvalue weighted by Crippen LogP contribution is -2.50. The van der Waals surface area contributed by atoms with Gasteiger partial charge in [-0.2, -0.15) is 4.31 Å². The average Bonchev–Trinajstić information content (AvgIpc) is 3.02. The van der Waals surface area contributed by atoms with Gasteiger partial charge in [-0.25, -0.2) is 8.42 Å². The zero-order valence-electron chi connectivity index (χ0n) is 14.7. The lowest BCUT2D eigenvalue weighted by atomic mass is 10.2. The fourth-order valence-corrected chi connectivity index (χ4v) is 6.05. The van der Waals surface area contributed by atoms with E-state index < -0.39 is 10.0 Å². The molecule has 2 aromatic rings. The topological polar surface area (TPSA) is 57.7 Å². The summed E-state index contributed by atoms with van der Waals surface area (Å²) in [5, 5.41) is 0.215. The summed E-state index contributed by atoms with van der Waals surface area (Å²) in [6.07, 6.45) is 0.902. The van der Waals surface area contributed by atoms with Gasteiger partial charge >= 0.3 is 0 Å². The minimum Gasteiger partial charge on any atom is -0.335 e. The predicted octanol–water partition coefficient (Wildman–Crippen LogP) is 3.42. The first-order chi connectivity index (χ1) is 12.3. The van der Waals surface area contributed by atoms with E-state index in [4.69, 9.17) is 11.6 Å². The third-order valence-corrected chi connectivity index (χ3v) is 8.07. The van der Waals surface area contributed by atoms with Gasteiger partial charge in [0, 0.05) is 31.1 Å². The first-order valence-electron chi connectivity index (χ1n) is 8.48. The molecule has 1 aromatic carbocycles. The molecule has 1 aliphatic heterocycles. The first-order valence-corrected chi connectivity index (χ1v) is 11.1. The van der Waals surface area contributed by atoms with Crippen LogP contribution < -0.4 is 0 Å². The highest BCUT2D eigenvalue weighted by molar-refractivity contribution is 7.89. The number of carbonyl (C=O) groups excluding carboxylic acids is 1. The number of sulfonamides is 1. The van der Waals surface area contributed by atoms with Gasteiger partial charge in [0.15, 0.2) is 0 Å². The molecule has 0 saturated carbocycles. The number of thiophene rings is 1. The number of piperazine rings is 1. The van der Waals surface area contributed by atoms with E-state index in [0.717, 1.165) is 16.2 Å². The van der Waals surface area contributed by atoms with E-state index >= 15 is 0 Å². The van der Waals surface area contributed by atoms with Gasteiger partial charge < -0.3 is 4.90 Å². The zero-order chi connectivity index (χ0) is 18.9. The second kappa shape index (κ2) is 7.68. The Labute approximate surface area is 163 Å². The summed E-state index contributed by atoms with van der Waals surface area (Å²) < 4.78 is 27.0. The van der Waals surface area contributed by atoms with Crippen LogP contribution in [-0.4, -0.2) is 49.7 Å². The van der Waals surface area contributed by atoms with E-state index in [9.17, 15) is 13.2 Å². The second-order valence-electron chi connectivity index (χ2n) is 6.17. The van der Waals surface area contributed by atoms with Gasteiger partial charge in [0.2, 0.25) is 10.0 Å². The van der Waals surface area contributed by atoms with E-state index in [2.05, 4.69) is 6.92 Å². The highest BCUT2D eigenvalue weighted by Crippen LogP contribution is 2.27. The van der Waals surface area contributed by atoms with Crippen molar-refractivity contribution in [3.8, 4) is 0 Å². The standard InChI is InChI=1S/C18H21ClN2O3S2/c1-3-14-12-16(25-13(14)2)18(22)20-8-10-21(11-9-20)26(23,24)17-7-5-4-6-15(17)19/h4-7,12H,3,8-11H2,1-2H3. The molecule has 0 unspecified atom stereocenters. The van der Waals surface area contributed by atoms with Crippen LogP contribution >= 0.6 is 22.9 Å². The highest BCUT2D eigenvalue weighted by Gasteiger charge is 2.32.